The third-order valence-electron chi connectivity index (χ3n) is 2.46. The Morgan fingerprint density at radius 2 is 2.05 bits per heavy atom. The van der Waals surface area contributed by atoms with E-state index in [4.69, 9.17) is 16.0 Å². The number of carbonyl (C=O) groups is 1. The number of thioether (sulfide) groups is 1. The van der Waals surface area contributed by atoms with E-state index in [1.807, 2.05) is 13.8 Å². The van der Waals surface area contributed by atoms with Crippen molar-refractivity contribution in [3.05, 3.63) is 40.7 Å². The van der Waals surface area contributed by atoms with E-state index in [0.717, 1.165) is 17.1 Å². The van der Waals surface area contributed by atoms with Crippen LogP contribution in [0.2, 0.25) is 5.02 Å². The number of nitrogens with zero attached hydrogens (tertiary/aromatic N) is 1. The van der Waals surface area contributed by atoms with Crippen molar-refractivity contribution in [2.75, 3.05) is 11.1 Å². The number of rotatable bonds is 4. The third kappa shape index (κ3) is 4.01. The lowest BCUT2D eigenvalue weighted by Crippen LogP contribution is -2.13. The molecule has 4 nitrogen and oxygen atoms in total. The molecule has 1 aromatic heterocycles. The Morgan fingerprint density at radius 1 is 1.37 bits per heavy atom. The zero-order valence-corrected chi connectivity index (χ0v) is 12.1. The molecule has 0 aliphatic carbocycles. The van der Waals surface area contributed by atoms with Crippen molar-refractivity contribution in [3.63, 3.8) is 0 Å². The summed E-state index contributed by atoms with van der Waals surface area (Å²) >= 11 is 7.04. The molecule has 1 heterocycles. The first-order valence-corrected chi connectivity index (χ1v) is 7.03. The predicted molar refractivity (Wildman–Crippen MR) is 76.8 cm³/mol. The number of anilines is 1. The van der Waals surface area contributed by atoms with Gasteiger partial charge in [-0.25, -0.2) is 4.98 Å². The number of carbonyl (C=O) groups excluding carboxylic acids is 1. The van der Waals surface area contributed by atoms with E-state index in [2.05, 4.69) is 10.3 Å². The van der Waals surface area contributed by atoms with E-state index in [-0.39, 0.29) is 11.7 Å². The summed E-state index contributed by atoms with van der Waals surface area (Å²) in [5.74, 6) is 0.920. The molecular weight excluding hydrogens is 284 g/mol. The van der Waals surface area contributed by atoms with E-state index in [1.54, 1.807) is 24.3 Å². The van der Waals surface area contributed by atoms with Crippen LogP contribution in [0.15, 0.2) is 33.9 Å². The largest absolute Gasteiger partial charge is 0.437 e. The molecule has 1 N–H and O–H groups in total. The van der Waals surface area contributed by atoms with Crippen LogP contribution < -0.4 is 5.32 Å². The lowest BCUT2D eigenvalue weighted by Gasteiger charge is -2.03. The summed E-state index contributed by atoms with van der Waals surface area (Å²) in [4.78, 5) is 15.9. The highest BCUT2D eigenvalue weighted by Gasteiger charge is 2.09. The summed E-state index contributed by atoms with van der Waals surface area (Å²) in [6.07, 6.45) is 0. The van der Waals surface area contributed by atoms with Gasteiger partial charge < -0.3 is 9.73 Å². The molecule has 0 saturated carbocycles. The average Bonchev–Trinajstić information content (AvgIpc) is 2.69. The summed E-state index contributed by atoms with van der Waals surface area (Å²) in [5, 5.41) is 3.93. The fraction of sp³-hybridized carbons (Fsp3) is 0.231. The molecule has 0 aliphatic rings. The topological polar surface area (TPSA) is 55.1 Å². The number of aryl methyl sites for hydroxylation is 2. The lowest BCUT2D eigenvalue weighted by molar-refractivity contribution is -0.113. The number of hydrogen-bond donors (Lipinski definition) is 1. The second-order valence-electron chi connectivity index (χ2n) is 3.97. The van der Waals surface area contributed by atoms with Crippen LogP contribution in [0, 0.1) is 13.8 Å². The molecule has 1 amide bonds. The quantitative estimate of drug-likeness (QED) is 0.875. The van der Waals surface area contributed by atoms with Crippen LogP contribution in [0.3, 0.4) is 0 Å². The highest BCUT2D eigenvalue weighted by molar-refractivity contribution is 7.99. The van der Waals surface area contributed by atoms with Gasteiger partial charge in [-0.05, 0) is 38.1 Å². The standard InChI is InChI=1S/C13H13ClN2O2S/c1-8-9(2)18-13(15-8)19-7-12(17)16-11-5-3-10(14)4-6-11/h3-6H,7H2,1-2H3,(H,16,17). The van der Waals surface area contributed by atoms with E-state index in [9.17, 15) is 4.79 Å². The van der Waals surface area contributed by atoms with Crippen LogP contribution >= 0.6 is 23.4 Å². The lowest BCUT2D eigenvalue weighted by atomic mass is 10.3. The van der Waals surface area contributed by atoms with Crippen molar-refractivity contribution >= 4 is 35.0 Å². The molecule has 2 aromatic rings. The number of oxazole rings is 1. The molecule has 19 heavy (non-hydrogen) atoms. The summed E-state index contributed by atoms with van der Waals surface area (Å²) in [6.45, 7) is 3.72. The maximum atomic E-state index is 11.7. The zero-order chi connectivity index (χ0) is 13.8. The average molecular weight is 297 g/mol. The monoisotopic (exact) mass is 296 g/mol. The van der Waals surface area contributed by atoms with Gasteiger partial charge >= 0.3 is 0 Å². The van der Waals surface area contributed by atoms with Crippen molar-refractivity contribution < 1.29 is 9.21 Å². The van der Waals surface area contributed by atoms with Crippen molar-refractivity contribution in [1.29, 1.82) is 0 Å². The molecule has 100 valence electrons. The second kappa shape index (κ2) is 6.12. The van der Waals surface area contributed by atoms with Crippen LogP contribution in [0.25, 0.3) is 0 Å². The predicted octanol–water partition coefficient (Wildman–Crippen LogP) is 3.68. The highest BCUT2D eigenvalue weighted by Crippen LogP contribution is 2.20. The van der Waals surface area contributed by atoms with Gasteiger partial charge in [0.1, 0.15) is 5.76 Å². The summed E-state index contributed by atoms with van der Waals surface area (Å²) in [7, 11) is 0. The Kier molecular flexibility index (Phi) is 4.50. The molecule has 0 atom stereocenters. The first-order valence-electron chi connectivity index (χ1n) is 5.67. The third-order valence-corrected chi connectivity index (χ3v) is 3.54. The number of nitrogens with one attached hydrogen (secondary N) is 1. The minimum atomic E-state index is -0.110. The summed E-state index contributed by atoms with van der Waals surface area (Å²) < 4.78 is 5.39. The van der Waals surface area contributed by atoms with Gasteiger partial charge in [0.05, 0.1) is 11.4 Å². The van der Waals surface area contributed by atoms with Gasteiger partial charge in [0.2, 0.25) is 5.91 Å². The molecule has 0 spiro atoms. The van der Waals surface area contributed by atoms with Gasteiger partial charge in [-0.15, -0.1) is 0 Å². The minimum absolute atomic E-state index is 0.110. The Labute approximate surface area is 120 Å². The highest BCUT2D eigenvalue weighted by atomic mass is 35.5. The van der Waals surface area contributed by atoms with Crippen molar-refractivity contribution in [1.82, 2.24) is 4.98 Å². The van der Waals surface area contributed by atoms with Crippen LogP contribution in [-0.2, 0) is 4.79 Å². The molecule has 0 radical (unpaired) electrons. The molecule has 0 unspecified atom stereocenters. The summed E-state index contributed by atoms with van der Waals surface area (Å²) in [6, 6.07) is 6.96. The van der Waals surface area contributed by atoms with Crippen LogP contribution in [0.5, 0.6) is 0 Å². The van der Waals surface area contributed by atoms with Gasteiger partial charge in [0, 0.05) is 10.7 Å². The van der Waals surface area contributed by atoms with E-state index in [0.29, 0.717) is 10.2 Å². The number of hydrogen-bond acceptors (Lipinski definition) is 4. The van der Waals surface area contributed by atoms with Gasteiger partial charge in [-0.2, -0.15) is 0 Å². The smallest absolute Gasteiger partial charge is 0.256 e. The van der Waals surface area contributed by atoms with E-state index in [1.165, 1.54) is 11.8 Å². The first kappa shape index (κ1) is 14.0. The van der Waals surface area contributed by atoms with E-state index >= 15 is 0 Å². The summed E-state index contributed by atoms with van der Waals surface area (Å²) in [5.41, 5.74) is 1.57. The van der Waals surface area contributed by atoms with Crippen molar-refractivity contribution in [3.8, 4) is 0 Å². The zero-order valence-electron chi connectivity index (χ0n) is 10.6. The Hall–Kier alpha value is -1.46. The molecule has 0 aliphatic heterocycles. The van der Waals surface area contributed by atoms with Gasteiger partial charge in [-0.3, -0.25) is 4.79 Å². The van der Waals surface area contributed by atoms with Crippen LogP contribution in [0.4, 0.5) is 5.69 Å². The SMILES string of the molecule is Cc1nc(SCC(=O)Nc2ccc(Cl)cc2)oc1C. The van der Waals surface area contributed by atoms with E-state index < -0.39 is 0 Å². The maximum Gasteiger partial charge on any atom is 0.256 e. The van der Waals surface area contributed by atoms with Crippen molar-refractivity contribution in [2.24, 2.45) is 0 Å². The molecule has 0 saturated heterocycles. The van der Waals surface area contributed by atoms with Crippen LogP contribution in [-0.4, -0.2) is 16.6 Å². The second-order valence-corrected chi connectivity index (χ2v) is 5.33. The molecule has 1 aromatic carbocycles. The fourth-order valence-corrected chi connectivity index (χ4v) is 2.20. The number of aromatic nitrogens is 1. The van der Waals surface area contributed by atoms with Crippen molar-refractivity contribution in [2.45, 2.75) is 19.1 Å². The van der Waals surface area contributed by atoms with Gasteiger partial charge in [0.25, 0.3) is 5.22 Å². The number of benzene rings is 1. The Morgan fingerprint density at radius 3 is 2.63 bits per heavy atom. The molecule has 0 fully saturated rings. The van der Waals surface area contributed by atoms with Crippen LogP contribution in [0.1, 0.15) is 11.5 Å². The molecule has 2 rings (SSSR count). The molecule has 6 heteroatoms. The Bertz CT molecular complexity index is 561. The fourth-order valence-electron chi connectivity index (χ4n) is 1.36. The number of halogens is 1. The maximum absolute atomic E-state index is 11.7. The molecule has 0 bridgehead atoms. The first-order chi connectivity index (χ1) is 9.04. The van der Waals surface area contributed by atoms with Gasteiger partial charge in [-0.1, -0.05) is 23.4 Å². The Balaban J connectivity index is 1.86. The van der Waals surface area contributed by atoms with Gasteiger partial charge in [0.15, 0.2) is 0 Å². The number of amides is 1. The minimum Gasteiger partial charge on any atom is -0.437 e. The molecular formula is C13H13ClN2O2S. The normalized spacial score (nSPS) is 10.5.